The predicted molar refractivity (Wildman–Crippen MR) is 70.7 cm³/mol. The highest BCUT2D eigenvalue weighted by atomic mass is 31.0. The van der Waals surface area contributed by atoms with Crippen molar-refractivity contribution in [2.45, 2.75) is 13.5 Å². The summed E-state index contributed by atoms with van der Waals surface area (Å²) in [5, 5.41) is 0. The summed E-state index contributed by atoms with van der Waals surface area (Å²) in [6, 6.07) is 8.43. The second-order valence-corrected chi connectivity index (χ2v) is 3.88. The molecule has 0 amide bonds. The molecule has 0 aromatic heterocycles. The van der Waals surface area contributed by atoms with Crippen molar-refractivity contribution in [3.8, 4) is 0 Å². The maximum Gasteiger partial charge on any atom is 0.0752 e. The van der Waals surface area contributed by atoms with E-state index in [0.717, 1.165) is 19.7 Å². The SMILES string of the molecule is CCN(CCOC)c1ccc(COP)cc1. The highest BCUT2D eigenvalue weighted by Crippen LogP contribution is 2.15. The molecule has 0 saturated heterocycles. The molecule has 1 unspecified atom stereocenters. The summed E-state index contributed by atoms with van der Waals surface area (Å²) in [6.07, 6.45) is 0. The molecule has 4 heteroatoms. The molecule has 90 valence electrons. The minimum Gasteiger partial charge on any atom is -0.383 e. The van der Waals surface area contributed by atoms with Gasteiger partial charge in [-0.25, -0.2) is 0 Å². The van der Waals surface area contributed by atoms with Gasteiger partial charge >= 0.3 is 0 Å². The third-order valence-corrected chi connectivity index (χ3v) is 2.67. The lowest BCUT2D eigenvalue weighted by Gasteiger charge is -2.22. The molecule has 0 radical (unpaired) electrons. The first-order chi connectivity index (χ1) is 7.81. The Labute approximate surface area is 100 Å². The van der Waals surface area contributed by atoms with E-state index in [-0.39, 0.29) is 0 Å². The van der Waals surface area contributed by atoms with Crippen LogP contribution in [0.2, 0.25) is 0 Å². The lowest BCUT2D eigenvalue weighted by Crippen LogP contribution is -2.26. The van der Waals surface area contributed by atoms with E-state index in [1.54, 1.807) is 7.11 Å². The zero-order chi connectivity index (χ0) is 11.8. The third-order valence-electron chi connectivity index (χ3n) is 2.50. The second kappa shape index (κ2) is 7.61. The van der Waals surface area contributed by atoms with Gasteiger partial charge in [-0.15, -0.1) is 0 Å². The minimum absolute atomic E-state index is 0.634. The van der Waals surface area contributed by atoms with Crippen molar-refractivity contribution >= 4 is 15.2 Å². The monoisotopic (exact) mass is 241 g/mol. The van der Waals surface area contributed by atoms with E-state index < -0.39 is 0 Å². The zero-order valence-electron chi connectivity index (χ0n) is 9.98. The van der Waals surface area contributed by atoms with Crippen LogP contribution in [0, 0.1) is 0 Å². The molecule has 16 heavy (non-hydrogen) atoms. The number of methoxy groups -OCH3 is 1. The van der Waals surface area contributed by atoms with E-state index in [1.807, 2.05) is 0 Å². The highest BCUT2D eigenvalue weighted by molar-refractivity contribution is 7.09. The normalized spacial score (nSPS) is 10.4. The van der Waals surface area contributed by atoms with Crippen LogP contribution in [0.3, 0.4) is 0 Å². The molecule has 1 aromatic carbocycles. The number of anilines is 1. The number of benzene rings is 1. The molecule has 0 heterocycles. The van der Waals surface area contributed by atoms with Crippen molar-refractivity contribution < 1.29 is 9.26 Å². The maximum absolute atomic E-state index is 5.09. The molecule has 0 aliphatic carbocycles. The van der Waals surface area contributed by atoms with E-state index in [9.17, 15) is 0 Å². The van der Waals surface area contributed by atoms with E-state index in [0.29, 0.717) is 6.61 Å². The van der Waals surface area contributed by atoms with Gasteiger partial charge in [0.05, 0.1) is 13.2 Å². The first-order valence-corrected chi connectivity index (χ1v) is 5.93. The van der Waals surface area contributed by atoms with Crippen LogP contribution < -0.4 is 4.90 Å². The maximum atomic E-state index is 5.09. The van der Waals surface area contributed by atoms with Crippen molar-refractivity contribution in [1.82, 2.24) is 0 Å². The number of hydrogen-bond donors (Lipinski definition) is 0. The summed E-state index contributed by atoms with van der Waals surface area (Å²) < 4.78 is 10.1. The summed E-state index contributed by atoms with van der Waals surface area (Å²) in [5.74, 6) is 0. The van der Waals surface area contributed by atoms with Crippen molar-refractivity contribution in [2.75, 3.05) is 31.7 Å². The van der Waals surface area contributed by atoms with Crippen LogP contribution in [-0.2, 0) is 15.9 Å². The Balaban J connectivity index is 2.62. The molecule has 0 aliphatic heterocycles. The average molecular weight is 241 g/mol. The fourth-order valence-corrected chi connectivity index (χ4v) is 1.76. The van der Waals surface area contributed by atoms with Gasteiger partial charge in [-0.2, -0.15) is 0 Å². The van der Waals surface area contributed by atoms with Crippen LogP contribution in [0.1, 0.15) is 12.5 Å². The van der Waals surface area contributed by atoms with Gasteiger partial charge in [-0.3, -0.25) is 0 Å². The summed E-state index contributed by atoms with van der Waals surface area (Å²) in [4.78, 5) is 2.29. The standard InChI is InChI=1S/C12H20NO2P/c1-3-13(8-9-14-2)12-6-4-11(5-7-12)10-15-16/h4-7H,3,8-10,16H2,1-2H3. The second-order valence-electron chi connectivity index (χ2n) is 3.55. The van der Waals surface area contributed by atoms with Gasteiger partial charge < -0.3 is 14.2 Å². The Kier molecular flexibility index (Phi) is 6.39. The largest absolute Gasteiger partial charge is 0.383 e. The fraction of sp³-hybridized carbons (Fsp3) is 0.500. The summed E-state index contributed by atoms with van der Waals surface area (Å²) >= 11 is 0. The third kappa shape index (κ3) is 4.09. The van der Waals surface area contributed by atoms with Crippen LogP contribution in [-0.4, -0.2) is 26.8 Å². The first-order valence-electron chi connectivity index (χ1n) is 5.46. The molecule has 0 aliphatic rings. The van der Waals surface area contributed by atoms with Crippen LogP contribution in [0.5, 0.6) is 0 Å². The van der Waals surface area contributed by atoms with Gasteiger partial charge in [-0.1, -0.05) is 12.1 Å². The van der Waals surface area contributed by atoms with E-state index in [4.69, 9.17) is 9.26 Å². The van der Waals surface area contributed by atoms with Crippen LogP contribution in [0.15, 0.2) is 24.3 Å². The van der Waals surface area contributed by atoms with E-state index >= 15 is 0 Å². The fourth-order valence-electron chi connectivity index (χ4n) is 1.57. The van der Waals surface area contributed by atoms with Gasteiger partial charge in [-0.05, 0) is 24.6 Å². The molecule has 1 aromatic rings. The minimum atomic E-state index is 0.634. The number of likely N-dealkylation sites (N-methyl/N-ethyl adjacent to an activating group) is 1. The topological polar surface area (TPSA) is 21.7 Å². The van der Waals surface area contributed by atoms with Gasteiger partial charge in [0.15, 0.2) is 0 Å². The number of nitrogens with zero attached hydrogens (tertiary/aromatic N) is 1. The van der Waals surface area contributed by atoms with Gasteiger partial charge in [0.25, 0.3) is 0 Å². The molecule has 3 nitrogen and oxygen atoms in total. The Morgan fingerprint density at radius 1 is 1.25 bits per heavy atom. The Morgan fingerprint density at radius 2 is 1.94 bits per heavy atom. The molecular formula is C12H20NO2P. The highest BCUT2D eigenvalue weighted by Gasteiger charge is 2.03. The quantitative estimate of drug-likeness (QED) is 0.684. The Bertz CT molecular complexity index is 290. The number of rotatable bonds is 7. The molecule has 0 saturated carbocycles. The molecule has 1 rings (SSSR count). The predicted octanol–water partition coefficient (Wildman–Crippen LogP) is 2.47. The lowest BCUT2D eigenvalue weighted by molar-refractivity contribution is 0.205. The van der Waals surface area contributed by atoms with E-state index in [1.165, 1.54) is 11.3 Å². The van der Waals surface area contributed by atoms with Gasteiger partial charge in [0.2, 0.25) is 0 Å². The molecule has 0 fully saturated rings. The smallest absolute Gasteiger partial charge is 0.0752 e. The lowest BCUT2D eigenvalue weighted by atomic mass is 10.2. The van der Waals surface area contributed by atoms with Gasteiger partial charge in [0, 0.05) is 35.4 Å². The van der Waals surface area contributed by atoms with Crippen molar-refractivity contribution in [1.29, 1.82) is 0 Å². The molecule has 0 bridgehead atoms. The number of ether oxygens (including phenoxy) is 1. The molecule has 0 spiro atoms. The van der Waals surface area contributed by atoms with Gasteiger partial charge in [0.1, 0.15) is 0 Å². The van der Waals surface area contributed by atoms with Crippen LogP contribution >= 0.6 is 9.47 Å². The summed E-state index contributed by atoms with van der Waals surface area (Å²) in [5.41, 5.74) is 2.41. The van der Waals surface area contributed by atoms with Crippen molar-refractivity contribution in [2.24, 2.45) is 0 Å². The van der Waals surface area contributed by atoms with Crippen LogP contribution in [0.25, 0.3) is 0 Å². The Morgan fingerprint density at radius 3 is 2.44 bits per heavy atom. The van der Waals surface area contributed by atoms with Crippen LogP contribution in [0.4, 0.5) is 5.69 Å². The van der Waals surface area contributed by atoms with Crippen molar-refractivity contribution in [3.05, 3.63) is 29.8 Å². The van der Waals surface area contributed by atoms with Crippen molar-refractivity contribution in [3.63, 3.8) is 0 Å². The summed E-state index contributed by atoms with van der Waals surface area (Å²) in [7, 11) is 3.99. The molecular weight excluding hydrogens is 221 g/mol. The molecule has 1 atom stereocenters. The van der Waals surface area contributed by atoms with E-state index in [2.05, 4.69) is 45.6 Å². The Hall–Kier alpha value is -0.630. The first kappa shape index (κ1) is 13.4. The zero-order valence-corrected chi connectivity index (χ0v) is 11.1. The molecule has 0 N–H and O–H groups in total. The summed E-state index contributed by atoms with van der Waals surface area (Å²) in [6.45, 7) is 5.45. The number of hydrogen-bond acceptors (Lipinski definition) is 3. The average Bonchev–Trinajstić information content (AvgIpc) is 2.32.